The topological polar surface area (TPSA) is 148 Å². The van der Waals surface area contributed by atoms with Crippen molar-refractivity contribution in [3.8, 4) is 22.5 Å². The molecule has 2 N–H and O–H groups in total. The maximum Gasteiger partial charge on any atom is 0.490 e. The Kier molecular flexibility index (Phi) is 15.4. The maximum absolute atomic E-state index is 13.1. The summed E-state index contributed by atoms with van der Waals surface area (Å²) in [4.78, 5) is 11.1. The lowest BCUT2D eigenvalue weighted by molar-refractivity contribution is 0.425. The van der Waals surface area contributed by atoms with Crippen molar-refractivity contribution in [2.45, 2.75) is 20.8 Å². The highest BCUT2D eigenvalue weighted by Gasteiger charge is 2.13. The van der Waals surface area contributed by atoms with E-state index in [0.717, 1.165) is 66.0 Å². The molecule has 66 heavy (non-hydrogen) atoms. The van der Waals surface area contributed by atoms with Crippen LogP contribution in [0.4, 0.5) is 13.2 Å². The van der Waals surface area contributed by atoms with Crippen molar-refractivity contribution in [2.24, 2.45) is 0 Å². The lowest BCUT2D eigenvalue weighted by Gasteiger charge is -1.97. The highest BCUT2D eigenvalue weighted by atomic mass is 127. The summed E-state index contributed by atoms with van der Waals surface area (Å²) in [6, 6.07) is 27.4. The first kappa shape index (κ1) is 47.3. The fourth-order valence-electron chi connectivity index (χ4n) is 6.48. The number of halogens is 6. The number of aryl methyl sites for hydroxylation is 3. The molecular weight excluding hydrogens is 1000 g/mol. The van der Waals surface area contributed by atoms with Crippen molar-refractivity contribution in [1.29, 1.82) is 0 Å². The van der Waals surface area contributed by atoms with Gasteiger partial charge in [0.25, 0.3) is 0 Å². The molecule has 0 amide bonds. The third kappa shape index (κ3) is 11.2. The number of pyridine rings is 7. The van der Waals surface area contributed by atoms with Crippen molar-refractivity contribution in [1.82, 2.24) is 53.4 Å². The van der Waals surface area contributed by atoms with Crippen LogP contribution < -0.4 is 5.46 Å². The van der Waals surface area contributed by atoms with Crippen LogP contribution in [0.5, 0.6) is 0 Å². The van der Waals surface area contributed by atoms with Crippen molar-refractivity contribution in [3.05, 3.63) is 201 Å². The lowest BCUT2D eigenvalue weighted by atomic mass is 9.82. The number of hydrogen-bond donors (Lipinski definition) is 2. The second-order valence-corrected chi connectivity index (χ2v) is 16.0. The van der Waals surface area contributed by atoms with Crippen LogP contribution in [0, 0.1) is 41.8 Å². The summed E-state index contributed by atoms with van der Waals surface area (Å²) < 4.78 is 46.7. The zero-order valence-corrected chi connectivity index (χ0v) is 38.8. The molecule has 13 nitrogen and oxygen atoms in total. The number of aromatic nitrogens is 11. The average Bonchev–Trinajstić information content (AvgIpc) is 4.03. The van der Waals surface area contributed by atoms with Gasteiger partial charge in [-0.15, -0.1) is 0 Å². The molecule has 0 aliphatic rings. The monoisotopic (exact) mass is 1040 g/mol. The van der Waals surface area contributed by atoms with E-state index >= 15 is 0 Å². The molecule has 11 rings (SSSR count). The minimum atomic E-state index is -1.65. The van der Waals surface area contributed by atoms with E-state index < -0.39 is 12.9 Å². The molecule has 0 spiro atoms. The molecular formula is C46H36BCl2F3IN11O2. The zero-order valence-electron chi connectivity index (χ0n) is 35.1. The Bertz CT molecular complexity index is 3220. The van der Waals surface area contributed by atoms with Crippen LogP contribution >= 0.6 is 45.8 Å². The Labute approximate surface area is 399 Å². The summed E-state index contributed by atoms with van der Waals surface area (Å²) in [5.74, 6) is -1.27. The summed E-state index contributed by atoms with van der Waals surface area (Å²) in [5.41, 5.74) is 10.2. The Morgan fingerprint density at radius 1 is 0.485 bits per heavy atom. The lowest BCUT2D eigenvalue weighted by Crippen LogP contribution is -2.30. The third-order valence-electron chi connectivity index (χ3n) is 9.72. The molecule has 11 heterocycles. The second kappa shape index (κ2) is 21.5. The largest absolute Gasteiger partial charge is 0.490 e. The van der Waals surface area contributed by atoms with E-state index in [9.17, 15) is 13.2 Å². The van der Waals surface area contributed by atoms with Gasteiger partial charge in [-0.1, -0.05) is 47.5 Å². The first-order valence-corrected chi connectivity index (χ1v) is 21.6. The molecule has 0 saturated heterocycles. The fraction of sp³-hybridized carbons (Fsp3) is 0.0652. The van der Waals surface area contributed by atoms with Crippen LogP contribution in [0.15, 0.2) is 153 Å². The quantitative estimate of drug-likeness (QED) is 0.130. The van der Waals surface area contributed by atoms with E-state index in [-0.39, 0.29) is 17.1 Å². The zero-order chi connectivity index (χ0) is 46.9. The molecule has 0 saturated carbocycles. The number of nitrogens with zero attached hydrogens (tertiary/aromatic N) is 11. The summed E-state index contributed by atoms with van der Waals surface area (Å²) in [5, 5.41) is 35.2. The van der Waals surface area contributed by atoms with Gasteiger partial charge >= 0.3 is 7.12 Å². The van der Waals surface area contributed by atoms with E-state index in [1.54, 1.807) is 30.5 Å². The molecule has 0 aliphatic heterocycles. The summed E-state index contributed by atoms with van der Waals surface area (Å²) in [6.45, 7) is 5.91. The van der Waals surface area contributed by atoms with E-state index in [4.69, 9.17) is 33.2 Å². The Morgan fingerprint density at radius 2 is 0.864 bits per heavy atom. The van der Waals surface area contributed by atoms with Crippen molar-refractivity contribution in [3.63, 3.8) is 0 Å². The van der Waals surface area contributed by atoms with E-state index in [1.807, 2.05) is 118 Å². The molecule has 0 aromatic carbocycles. The third-order valence-corrected chi connectivity index (χ3v) is 11.7. The van der Waals surface area contributed by atoms with E-state index in [1.165, 1.54) is 30.7 Å². The van der Waals surface area contributed by atoms with Crippen molar-refractivity contribution in [2.75, 3.05) is 0 Å². The maximum atomic E-state index is 13.1. The molecule has 0 aliphatic carbocycles. The highest BCUT2D eigenvalue weighted by molar-refractivity contribution is 14.1. The van der Waals surface area contributed by atoms with Crippen molar-refractivity contribution < 1.29 is 23.2 Å². The van der Waals surface area contributed by atoms with Crippen molar-refractivity contribution >= 4 is 80.4 Å². The van der Waals surface area contributed by atoms with Gasteiger partial charge in [0.05, 0.1) is 55.6 Å². The van der Waals surface area contributed by atoms with Crippen LogP contribution in [0.1, 0.15) is 16.7 Å². The van der Waals surface area contributed by atoms with Crippen LogP contribution in [0.3, 0.4) is 0 Å². The van der Waals surface area contributed by atoms with Gasteiger partial charge in [0, 0.05) is 76.7 Å². The van der Waals surface area contributed by atoms with Crippen LogP contribution in [-0.2, 0) is 0 Å². The molecule has 11 aromatic rings. The summed E-state index contributed by atoms with van der Waals surface area (Å²) >= 11 is 13.8. The van der Waals surface area contributed by atoms with Gasteiger partial charge < -0.3 is 10.0 Å². The predicted molar refractivity (Wildman–Crippen MR) is 258 cm³/mol. The van der Waals surface area contributed by atoms with Crippen LogP contribution in [0.2, 0.25) is 10.3 Å². The van der Waals surface area contributed by atoms with E-state index in [2.05, 4.69) is 57.9 Å². The van der Waals surface area contributed by atoms with Gasteiger partial charge in [0.1, 0.15) is 17.5 Å². The Balaban J connectivity index is 0.000000125. The molecule has 0 fully saturated rings. The molecule has 0 atom stereocenters. The Hall–Kier alpha value is -6.71. The number of fused-ring (bicyclic) bond motifs is 4. The standard InChI is InChI=1S/2C13H10FN3.C8H7ClN2.C7H4ClIN2.C5H5BFNO2/c2*1-9-12-4-2-3-5-17(12)16-13(9)10-6-11(14)8-15-7-10;1-6-7-4-2-3-5-11(7)10-8(6)9;8-7-6(9)5-3-1-2-4-11(5)10-7;7-5-1-4(6(9)10)2-8-3-5/h2*2-8H,1H3;2-5H,1H3;1-4H;1-3,9-10H. The molecule has 0 radical (unpaired) electrons. The molecule has 0 bridgehead atoms. The van der Waals surface area contributed by atoms with Crippen LogP contribution in [-0.4, -0.2) is 70.6 Å². The van der Waals surface area contributed by atoms with Gasteiger partial charge in [-0.25, -0.2) is 31.2 Å². The minimum absolute atomic E-state index is 0.0556. The summed E-state index contributed by atoms with van der Waals surface area (Å²) in [6.07, 6.45) is 15.3. The Morgan fingerprint density at radius 3 is 1.24 bits per heavy atom. The normalized spacial score (nSPS) is 10.7. The first-order chi connectivity index (χ1) is 31.8. The SMILES string of the molecule is Cc1c(-c2cncc(F)c2)nn2ccccc12.Cc1c(-c2cncc(F)c2)nn2ccccc12.Cc1c(Cl)nn2ccccc12.Clc1nn2ccccc2c1I.OB(O)c1cncc(F)c1. The molecule has 11 aromatic heterocycles. The number of rotatable bonds is 3. The van der Waals surface area contributed by atoms with Gasteiger partial charge in [-0.05, 0) is 110 Å². The van der Waals surface area contributed by atoms with Gasteiger partial charge in [-0.2, -0.15) is 20.4 Å². The minimum Gasteiger partial charge on any atom is -0.423 e. The van der Waals surface area contributed by atoms with Gasteiger partial charge in [0.15, 0.2) is 10.3 Å². The predicted octanol–water partition coefficient (Wildman–Crippen LogP) is 9.48. The molecule has 20 heteroatoms. The summed E-state index contributed by atoms with van der Waals surface area (Å²) in [7, 11) is -1.65. The number of hydrogen-bond acceptors (Lipinski definition) is 9. The molecule has 0 unspecified atom stereocenters. The highest BCUT2D eigenvalue weighted by Crippen LogP contribution is 2.27. The molecule has 332 valence electrons. The smallest absolute Gasteiger partial charge is 0.423 e. The first-order valence-electron chi connectivity index (χ1n) is 19.7. The second-order valence-electron chi connectivity index (χ2n) is 14.2. The van der Waals surface area contributed by atoms with Crippen LogP contribution in [0.25, 0.3) is 44.6 Å². The van der Waals surface area contributed by atoms with Gasteiger partial charge in [0.2, 0.25) is 0 Å². The average molecular weight is 1040 g/mol. The fourth-order valence-corrected chi connectivity index (χ4v) is 7.37. The van der Waals surface area contributed by atoms with Gasteiger partial charge in [-0.3, -0.25) is 15.0 Å². The van der Waals surface area contributed by atoms with E-state index in [0.29, 0.717) is 21.4 Å².